The van der Waals surface area contributed by atoms with Crippen LogP contribution in [0.25, 0.3) is 11.6 Å². The Morgan fingerprint density at radius 1 is 0.897 bits per heavy atom. The van der Waals surface area contributed by atoms with Gasteiger partial charge in [0.05, 0.1) is 17.1 Å². The maximum atomic E-state index is 12.6. The summed E-state index contributed by atoms with van der Waals surface area (Å²) in [5.41, 5.74) is 5.23. The van der Waals surface area contributed by atoms with E-state index in [0.717, 1.165) is 11.4 Å². The highest BCUT2D eigenvalue weighted by molar-refractivity contribution is 7.99. The van der Waals surface area contributed by atoms with E-state index in [2.05, 4.69) is 20.6 Å². The lowest BCUT2D eigenvalue weighted by atomic mass is 10.2. The van der Waals surface area contributed by atoms with Crippen molar-refractivity contribution in [2.45, 2.75) is 5.22 Å². The Hall–Kier alpha value is -3.65. The molecular weight excluding hydrogens is 386 g/mol. The van der Waals surface area contributed by atoms with Crippen molar-refractivity contribution >= 4 is 29.0 Å². The number of hydrazine groups is 1. The molecule has 0 aliphatic heterocycles. The molecule has 0 aliphatic rings. The van der Waals surface area contributed by atoms with Crippen LogP contribution in [0, 0.1) is 0 Å². The fourth-order valence-corrected chi connectivity index (χ4v) is 3.13. The van der Waals surface area contributed by atoms with Crippen molar-refractivity contribution in [3.8, 4) is 11.6 Å². The molecule has 4 rings (SSSR count). The Morgan fingerprint density at radius 3 is 2.17 bits per heavy atom. The number of pyridine rings is 1. The van der Waals surface area contributed by atoms with Gasteiger partial charge in [0, 0.05) is 6.20 Å². The molecule has 0 fully saturated rings. The fourth-order valence-electron chi connectivity index (χ4n) is 2.58. The Kier molecular flexibility index (Phi) is 5.82. The molecule has 0 radical (unpaired) electrons. The first-order chi connectivity index (χ1) is 14.3. The van der Waals surface area contributed by atoms with Crippen LogP contribution in [0.2, 0.25) is 0 Å². The van der Waals surface area contributed by atoms with Crippen LogP contribution in [0.4, 0.5) is 11.4 Å². The summed E-state index contributed by atoms with van der Waals surface area (Å²) in [7, 11) is 0. The molecule has 0 aliphatic carbocycles. The monoisotopic (exact) mass is 403 g/mol. The third-order valence-corrected chi connectivity index (χ3v) is 4.70. The van der Waals surface area contributed by atoms with Gasteiger partial charge in [0.2, 0.25) is 5.91 Å². The first kappa shape index (κ1) is 18.7. The summed E-state index contributed by atoms with van der Waals surface area (Å²) in [6, 6.07) is 24.7. The van der Waals surface area contributed by atoms with Crippen LogP contribution < -0.4 is 10.4 Å². The van der Waals surface area contributed by atoms with Crippen molar-refractivity contribution < 1.29 is 9.21 Å². The number of thioether (sulfide) groups is 1. The number of nitrogens with zero attached hydrogens (tertiary/aromatic N) is 4. The van der Waals surface area contributed by atoms with Crippen LogP contribution in [0.1, 0.15) is 0 Å². The summed E-state index contributed by atoms with van der Waals surface area (Å²) in [5.74, 6) is 0.254. The number of para-hydroxylation sites is 2. The minimum absolute atomic E-state index is 0.125. The van der Waals surface area contributed by atoms with Gasteiger partial charge in [-0.3, -0.25) is 20.2 Å². The van der Waals surface area contributed by atoms with Crippen LogP contribution in [0.5, 0.6) is 0 Å². The van der Waals surface area contributed by atoms with E-state index in [9.17, 15) is 4.79 Å². The molecule has 0 unspecified atom stereocenters. The summed E-state index contributed by atoms with van der Waals surface area (Å²) in [4.78, 5) is 16.7. The van der Waals surface area contributed by atoms with E-state index in [1.54, 1.807) is 17.3 Å². The molecule has 4 aromatic rings. The maximum absolute atomic E-state index is 12.6. The summed E-state index contributed by atoms with van der Waals surface area (Å²) in [6.07, 6.45) is 1.65. The zero-order valence-corrected chi connectivity index (χ0v) is 16.1. The van der Waals surface area contributed by atoms with E-state index >= 15 is 0 Å². The summed E-state index contributed by atoms with van der Waals surface area (Å²) < 4.78 is 5.58. The van der Waals surface area contributed by atoms with E-state index in [1.807, 2.05) is 72.8 Å². The van der Waals surface area contributed by atoms with Crippen molar-refractivity contribution in [2.24, 2.45) is 0 Å². The van der Waals surface area contributed by atoms with Crippen LogP contribution in [0.3, 0.4) is 0 Å². The van der Waals surface area contributed by atoms with Gasteiger partial charge < -0.3 is 4.42 Å². The summed E-state index contributed by atoms with van der Waals surface area (Å²) in [5, 5.41) is 10.0. The van der Waals surface area contributed by atoms with Crippen LogP contribution in [-0.2, 0) is 4.79 Å². The molecule has 7 nitrogen and oxygen atoms in total. The molecule has 0 saturated heterocycles. The van der Waals surface area contributed by atoms with E-state index in [-0.39, 0.29) is 11.7 Å². The average molecular weight is 403 g/mol. The van der Waals surface area contributed by atoms with Gasteiger partial charge in [0.1, 0.15) is 5.69 Å². The molecular formula is C21H17N5O2S. The molecule has 1 N–H and O–H groups in total. The number of nitrogens with one attached hydrogen (secondary N) is 1. The number of carbonyl (C=O) groups is 1. The van der Waals surface area contributed by atoms with Gasteiger partial charge in [0.25, 0.3) is 11.1 Å². The SMILES string of the molecule is O=C(CSc1nnc(-c2ccccn2)o1)NN(c1ccccc1)c1ccccc1. The normalized spacial score (nSPS) is 10.5. The van der Waals surface area contributed by atoms with Gasteiger partial charge in [-0.1, -0.05) is 54.2 Å². The number of benzene rings is 2. The lowest BCUT2D eigenvalue weighted by Gasteiger charge is -2.25. The van der Waals surface area contributed by atoms with Crippen molar-refractivity contribution in [1.29, 1.82) is 0 Å². The van der Waals surface area contributed by atoms with Gasteiger partial charge in [-0.05, 0) is 36.4 Å². The van der Waals surface area contributed by atoms with Crippen molar-refractivity contribution in [3.05, 3.63) is 85.1 Å². The van der Waals surface area contributed by atoms with Gasteiger partial charge in [-0.2, -0.15) is 0 Å². The Balaban J connectivity index is 1.42. The third kappa shape index (κ3) is 4.80. The minimum atomic E-state index is -0.194. The average Bonchev–Trinajstić information content (AvgIpc) is 3.27. The molecule has 1 amide bonds. The maximum Gasteiger partial charge on any atom is 0.277 e. The lowest BCUT2D eigenvalue weighted by Crippen LogP contribution is -2.39. The molecule has 0 saturated carbocycles. The standard InChI is InChI=1S/C21H17N5O2S/c27-19(15-29-21-24-23-20(28-21)18-13-7-8-14-22-18)25-26(16-9-3-1-4-10-16)17-11-5-2-6-12-17/h1-14H,15H2,(H,25,27). The highest BCUT2D eigenvalue weighted by Gasteiger charge is 2.15. The van der Waals surface area contributed by atoms with Gasteiger partial charge in [-0.15, -0.1) is 10.2 Å². The van der Waals surface area contributed by atoms with Crippen molar-refractivity contribution in [3.63, 3.8) is 0 Å². The predicted octanol–water partition coefficient (Wildman–Crippen LogP) is 4.09. The largest absolute Gasteiger partial charge is 0.410 e. The molecule has 0 spiro atoms. The first-order valence-electron chi connectivity index (χ1n) is 8.87. The molecule has 2 aromatic carbocycles. The first-order valence-corrected chi connectivity index (χ1v) is 9.85. The third-order valence-electron chi connectivity index (χ3n) is 3.88. The topological polar surface area (TPSA) is 84.1 Å². The van der Waals surface area contributed by atoms with Gasteiger partial charge in [-0.25, -0.2) is 0 Å². The number of carbonyl (C=O) groups excluding carboxylic acids is 1. The number of hydrogen-bond donors (Lipinski definition) is 1. The summed E-state index contributed by atoms with van der Waals surface area (Å²) >= 11 is 1.17. The minimum Gasteiger partial charge on any atom is -0.410 e. The number of anilines is 2. The molecule has 2 aromatic heterocycles. The van der Waals surface area contributed by atoms with E-state index in [4.69, 9.17) is 4.42 Å². The molecule has 29 heavy (non-hydrogen) atoms. The summed E-state index contributed by atoms with van der Waals surface area (Å²) in [6.45, 7) is 0. The molecule has 0 atom stereocenters. The van der Waals surface area contributed by atoms with Crippen molar-refractivity contribution in [2.75, 3.05) is 10.8 Å². The highest BCUT2D eigenvalue weighted by atomic mass is 32.2. The predicted molar refractivity (Wildman–Crippen MR) is 111 cm³/mol. The second-order valence-corrected chi connectivity index (χ2v) is 6.84. The van der Waals surface area contributed by atoms with Gasteiger partial charge >= 0.3 is 0 Å². The molecule has 0 bridgehead atoms. The quantitative estimate of drug-likeness (QED) is 0.367. The van der Waals surface area contributed by atoms with Crippen LogP contribution >= 0.6 is 11.8 Å². The number of amides is 1. The zero-order valence-electron chi connectivity index (χ0n) is 15.3. The Bertz CT molecular complexity index is 1020. The van der Waals surface area contributed by atoms with E-state index in [1.165, 1.54) is 11.8 Å². The number of rotatable bonds is 7. The highest BCUT2D eigenvalue weighted by Crippen LogP contribution is 2.24. The molecule has 2 heterocycles. The lowest BCUT2D eigenvalue weighted by molar-refractivity contribution is -0.118. The number of aromatic nitrogens is 3. The van der Waals surface area contributed by atoms with Crippen molar-refractivity contribution in [1.82, 2.24) is 20.6 Å². The zero-order chi connectivity index (χ0) is 19.9. The second kappa shape index (κ2) is 9.03. The van der Waals surface area contributed by atoms with Crippen LogP contribution in [-0.4, -0.2) is 26.8 Å². The van der Waals surface area contributed by atoms with Crippen LogP contribution in [0.15, 0.2) is 94.7 Å². The van der Waals surface area contributed by atoms with Gasteiger partial charge in [0.15, 0.2) is 0 Å². The molecule has 8 heteroatoms. The Morgan fingerprint density at radius 2 is 1.55 bits per heavy atom. The smallest absolute Gasteiger partial charge is 0.277 e. The second-order valence-electron chi connectivity index (χ2n) is 5.92. The Labute approximate surface area is 171 Å². The van der Waals surface area contributed by atoms with E-state index in [0.29, 0.717) is 16.8 Å². The fraction of sp³-hybridized carbons (Fsp3) is 0.0476. The number of hydrogen-bond acceptors (Lipinski definition) is 7. The van der Waals surface area contributed by atoms with E-state index < -0.39 is 0 Å². The molecule has 144 valence electrons.